The summed E-state index contributed by atoms with van der Waals surface area (Å²) in [6, 6.07) is 15.1. The van der Waals surface area contributed by atoms with Gasteiger partial charge in [-0.3, -0.25) is 4.99 Å². The maximum Gasteiger partial charge on any atom is 0.191 e. The molecule has 0 fully saturated rings. The number of ether oxygens (including phenoxy) is 1. The second-order valence-corrected chi connectivity index (χ2v) is 6.79. The summed E-state index contributed by atoms with van der Waals surface area (Å²) in [5.41, 5.74) is 1.15. The van der Waals surface area contributed by atoms with E-state index in [1.165, 1.54) is 17.8 Å². The molecule has 0 amide bonds. The van der Waals surface area contributed by atoms with Gasteiger partial charge in [0, 0.05) is 36.2 Å². The number of thioether (sulfide) groups is 1. The first kappa shape index (κ1) is 20.8. The van der Waals surface area contributed by atoms with E-state index in [0.29, 0.717) is 18.0 Å². The standard InChI is InChI=1S/C19H22FN3OS.HI/c1-21-19(22-11-13-25-18-9-5-3-7-15(18)20)23-16-10-12-24-17-8-4-2-6-14(16)17;/h2-9,16H,10-13H2,1H3,(H2,21,22,23);1H. The molecule has 0 aromatic heterocycles. The Bertz CT molecular complexity index is 744. The van der Waals surface area contributed by atoms with Gasteiger partial charge in [0.1, 0.15) is 11.6 Å². The van der Waals surface area contributed by atoms with Gasteiger partial charge in [0.2, 0.25) is 0 Å². The predicted molar refractivity (Wildman–Crippen MR) is 116 cm³/mol. The molecule has 0 radical (unpaired) electrons. The molecule has 1 aliphatic rings. The van der Waals surface area contributed by atoms with Crippen molar-refractivity contribution in [3.63, 3.8) is 0 Å². The van der Waals surface area contributed by atoms with Gasteiger partial charge in [0.25, 0.3) is 0 Å². The first-order chi connectivity index (χ1) is 12.3. The fourth-order valence-electron chi connectivity index (χ4n) is 2.74. The predicted octanol–water partition coefficient (Wildman–Crippen LogP) is 4.22. The number of nitrogens with zero attached hydrogens (tertiary/aromatic N) is 1. The van der Waals surface area contributed by atoms with Crippen molar-refractivity contribution in [1.82, 2.24) is 10.6 Å². The molecule has 1 aliphatic heterocycles. The van der Waals surface area contributed by atoms with Crippen molar-refractivity contribution in [1.29, 1.82) is 0 Å². The van der Waals surface area contributed by atoms with Crippen LogP contribution >= 0.6 is 35.7 Å². The van der Waals surface area contributed by atoms with Gasteiger partial charge < -0.3 is 15.4 Å². The van der Waals surface area contributed by atoms with Gasteiger partial charge in [0.05, 0.1) is 12.6 Å². The van der Waals surface area contributed by atoms with Crippen LogP contribution in [0.3, 0.4) is 0 Å². The van der Waals surface area contributed by atoms with Crippen LogP contribution in [0.25, 0.3) is 0 Å². The summed E-state index contributed by atoms with van der Waals surface area (Å²) in [5.74, 6) is 2.26. The lowest BCUT2D eigenvalue weighted by molar-refractivity contribution is 0.261. The zero-order valence-electron chi connectivity index (χ0n) is 14.6. The molecular weight excluding hydrogens is 464 g/mol. The molecule has 3 rings (SSSR count). The average Bonchev–Trinajstić information content (AvgIpc) is 2.65. The second-order valence-electron chi connectivity index (χ2n) is 5.65. The molecule has 0 spiro atoms. The maximum absolute atomic E-state index is 13.6. The number of nitrogens with one attached hydrogen (secondary N) is 2. The Morgan fingerprint density at radius 1 is 1.23 bits per heavy atom. The number of aliphatic imine (C=N–C) groups is 1. The van der Waals surface area contributed by atoms with Gasteiger partial charge in [-0.15, -0.1) is 35.7 Å². The minimum absolute atomic E-state index is 0. The van der Waals surface area contributed by atoms with Gasteiger partial charge in [-0.1, -0.05) is 30.3 Å². The summed E-state index contributed by atoms with van der Waals surface area (Å²) in [6.45, 7) is 1.39. The number of guanidine groups is 1. The molecule has 7 heteroatoms. The summed E-state index contributed by atoms with van der Waals surface area (Å²) in [4.78, 5) is 4.96. The molecule has 0 bridgehead atoms. The number of fused-ring (bicyclic) bond motifs is 1. The summed E-state index contributed by atoms with van der Waals surface area (Å²) < 4.78 is 19.3. The molecule has 0 saturated carbocycles. The Balaban J connectivity index is 0.00000243. The topological polar surface area (TPSA) is 45.7 Å². The van der Waals surface area contributed by atoms with Crippen LogP contribution in [-0.4, -0.2) is 31.9 Å². The number of halogens is 2. The van der Waals surface area contributed by atoms with Crippen molar-refractivity contribution in [3.8, 4) is 5.75 Å². The van der Waals surface area contributed by atoms with E-state index in [1.54, 1.807) is 19.2 Å². The Morgan fingerprint density at radius 3 is 2.81 bits per heavy atom. The minimum Gasteiger partial charge on any atom is -0.493 e. The van der Waals surface area contributed by atoms with Crippen molar-refractivity contribution in [3.05, 3.63) is 59.9 Å². The molecular formula is C19H23FIN3OS. The molecule has 1 atom stereocenters. The highest BCUT2D eigenvalue weighted by Gasteiger charge is 2.21. The minimum atomic E-state index is -0.172. The summed E-state index contributed by atoms with van der Waals surface area (Å²) in [6.07, 6.45) is 0.891. The number of rotatable bonds is 5. The molecule has 4 nitrogen and oxygen atoms in total. The Kier molecular flexibility index (Phi) is 8.50. The highest BCUT2D eigenvalue weighted by Crippen LogP contribution is 2.31. The maximum atomic E-state index is 13.6. The fraction of sp³-hybridized carbons (Fsp3) is 0.316. The molecule has 0 aliphatic carbocycles. The third-order valence-electron chi connectivity index (χ3n) is 3.98. The Labute approximate surface area is 175 Å². The van der Waals surface area contributed by atoms with Crippen LogP contribution in [0.15, 0.2) is 58.4 Å². The zero-order valence-corrected chi connectivity index (χ0v) is 17.7. The quantitative estimate of drug-likeness (QED) is 0.218. The van der Waals surface area contributed by atoms with E-state index in [2.05, 4.69) is 21.7 Å². The fourth-order valence-corrected chi connectivity index (χ4v) is 3.55. The Hall–Kier alpha value is -1.48. The molecule has 0 saturated heterocycles. The summed E-state index contributed by atoms with van der Waals surface area (Å²) in [5, 5.41) is 6.74. The largest absolute Gasteiger partial charge is 0.493 e. The van der Waals surface area contributed by atoms with E-state index in [9.17, 15) is 4.39 Å². The molecule has 140 valence electrons. The second kappa shape index (κ2) is 10.6. The van der Waals surface area contributed by atoms with Crippen LogP contribution in [-0.2, 0) is 0 Å². The average molecular weight is 487 g/mol. The van der Waals surface area contributed by atoms with Crippen molar-refractivity contribution in [2.45, 2.75) is 17.4 Å². The number of hydrogen-bond acceptors (Lipinski definition) is 3. The van der Waals surface area contributed by atoms with Crippen molar-refractivity contribution >= 4 is 41.7 Å². The van der Waals surface area contributed by atoms with Crippen LogP contribution in [0.4, 0.5) is 4.39 Å². The van der Waals surface area contributed by atoms with Crippen LogP contribution in [0.1, 0.15) is 18.0 Å². The first-order valence-corrected chi connectivity index (χ1v) is 9.32. The van der Waals surface area contributed by atoms with Gasteiger partial charge in [-0.05, 0) is 18.2 Å². The lowest BCUT2D eigenvalue weighted by atomic mass is 10.0. The smallest absolute Gasteiger partial charge is 0.191 e. The summed E-state index contributed by atoms with van der Waals surface area (Å²) in [7, 11) is 1.75. The van der Waals surface area contributed by atoms with Gasteiger partial charge in [-0.25, -0.2) is 4.39 Å². The number of para-hydroxylation sites is 1. The number of benzene rings is 2. The zero-order chi connectivity index (χ0) is 17.5. The van der Waals surface area contributed by atoms with Crippen molar-refractivity contribution < 1.29 is 9.13 Å². The molecule has 2 N–H and O–H groups in total. The van der Waals surface area contributed by atoms with Crippen LogP contribution < -0.4 is 15.4 Å². The van der Waals surface area contributed by atoms with E-state index in [1.807, 2.05) is 24.3 Å². The Morgan fingerprint density at radius 2 is 2.00 bits per heavy atom. The van der Waals surface area contributed by atoms with Crippen molar-refractivity contribution in [2.75, 3.05) is 26.0 Å². The molecule has 26 heavy (non-hydrogen) atoms. The monoisotopic (exact) mass is 487 g/mol. The van der Waals surface area contributed by atoms with Crippen LogP contribution in [0.5, 0.6) is 5.75 Å². The highest BCUT2D eigenvalue weighted by atomic mass is 127. The van der Waals surface area contributed by atoms with Gasteiger partial charge >= 0.3 is 0 Å². The molecule has 2 aromatic rings. The van der Waals surface area contributed by atoms with E-state index in [-0.39, 0.29) is 35.8 Å². The van der Waals surface area contributed by atoms with E-state index in [4.69, 9.17) is 4.74 Å². The summed E-state index contributed by atoms with van der Waals surface area (Å²) >= 11 is 1.49. The SMILES string of the molecule is CN=C(NCCSc1ccccc1F)NC1CCOc2ccccc21.I. The van der Waals surface area contributed by atoms with Crippen LogP contribution in [0.2, 0.25) is 0 Å². The molecule has 1 unspecified atom stereocenters. The molecule has 1 heterocycles. The van der Waals surface area contributed by atoms with Gasteiger partial charge in [-0.2, -0.15) is 0 Å². The van der Waals surface area contributed by atoms with Crippen LogP contribution in [0, 0.1) is 5.82 Å². The first-order valence-electron chi connectivity index (χ1n) is 8.34. The normalized spacial score (nSPS) is 16.1. The van der Waals surface area contributed by atoms with Crippen molar-refractivity contribution in [2.24, 2.45) is 4.99 Å². The van der Waals surface area contributed by atoms with Gasteiger partial charge in [0.15, 0.2) is 5.96 Å². The lowest BCUT2D eigenvalue weighted by Gasteiger charge is -2.28. The lowest BCUT2D eigenvalue weighted by Crippen LogP contribution is -2.41. The van der Waals surface area contributed by atoms with E-state index in [0.717, 1.165) is 29.4 Å². The molecule has 2 aromatic carbocycles. The van der Waals surface area contributed by atoms with E-state index < -0.39 is 0 Å². The third kappa shape index (κ3) is 5.51. The highest BCUT2D eigenvalue weighted by molar-refractivity contribution is 14.0. The third-order valence-corrected chi connectivity index (χ3v) is 5.03. The number of hydrogen-bond donors (Lipinski definition) is 2. The van der Waals surface area contributed by atoms with E-state index >= 15 is 0 Å².